The molecule has 0 fully saturated rings. The highest BCUT2D eigenvalue weighted by atomic mass is 15.1. The summed E-state index contributed by atoms with van der Waals surface area (Å²) in [5, 5.41) is 13.0. The monoisotopic (exact) mass is 772 g/mol. The van der Waals surface area contributed by atoms with Gasteiger partial charge in [-0.05, 0) is 235 Å². The van der Waals surface area contributed by atoms with Crippen molar-refractivity contribution < 1.29 is 0 Å². The Kier molecular flexibility index (Phi) is 8.36. The fraction of sp³-hybridized carbons (Fsp3) is 0.143. The van der Waals surface area contributed by atoms with Crippen LogP contribution in [-0.2, 0) is 0 Å². The first-order chi connectivity index (χ1) is 28.9. The van der Waals surface area contributed by atoms with Gasteiger partial charge in [0.05, 0.1) is 18.2 Å². The Balaban J connectivity index is 1.18. The predicted octanol–water partition coefficient (Wildman–Crippen LogP) is 16.0. The smallest absolute Gasteiger partial charge is 0.196 e. The number of nitrogens with zero attached hydrogens (tertiary/aromatic N) is 4. The van der Waals surface area contributed by atoms with Gasteiger partial charge in [-0.15, -0.1) is 0 Å². The maximum Gasteiger partial charge on any atom is 0.196 e. The van der Waals surface area contributed by atoms with Crippen molar-refractivity contribution in [3.8, 4) is 50.6 Å². The van der Waals surface area contributed by atoms with Crippen LogP contribution in [0.5, 0.6) is 0 Å². The number of fused-ring (bicyclic) bond motifs is 6. The van der Waals surface area contributed by atoms with E-state index in [0.29, 0.717) is 11.3 Å². The van der Waals surface area contributed by atoms with Crippen molar-refractivity contribution in [1.82, 2.24) is 0 Å². The number of aryl methyl sites for hydroxylation is 8. The lowest BCUT2D eigenvalue weighted by Gasteiger charge is -2.27. The van der Waals surface area contributed by atoms with Crippen LogP contribution in [0.1, 0.15) is 50.1 Å². The summed E-state index contributed by atoms with van der Waals surface area (Å²) in [6.45, 7) is 25.8. The van der Waals surface area contributed by atoms with Crippen LogP contribution in [0.15, 0.2) is 121 Å². The number of nitriles is 1. The molecule has 0 atom stereocenters. The molecule has 0 radical (unpaired) electrons. The summed E-state index contributed by atoms with van der Waals surface area (Å²) in [5.41, 5.74) is 25.6. The second-order valence-corrected chi connectivity index (χ2v) is 16.8. The first-order valence-corrected chi connectivity index (χ1v) is 20.6. The molecule has 0 unspecified atom stereocenters. The van der Waals surface area contributed by atoms with Gasteiger partial charge in [-0.1, -0.05) is 36.4 Å². The van der Waals surface area contributed by atoms with Gasteiger partial charge in [0.2, 0.25) is 0 Å². The third-order valence-electron chi connectivity index (χ3n) is 13.3. The van der Waals surface area contributed by atoms with Gasteiger partial charge in [0.25, 0.3) is 0 Å². The molecule has 2 aliphatic carbocycles. The maximum atomic E-state index is 10.9. The zero-order valence-corrected chi connectivity index (χ0v) is 35.3. The number of rotatable bonds is 6. The minimum Gasteiger partial charge on any atom is -0.310 e. The molecule has 0 bridgehead atoms. The summed E-state index contributed by atoms with van der Waals surface area (Å²) < 4.78 is 0. The Morgan fingerprint density at radius 3 is 1.12 bits per heavy atom. The zero-order chi connectivity index (χ0) is 41.7. The molecule has 8 aromatic carbocycles. The Bertz CT molecular complexity index is 2960. The number of hydrogen-bond acceptors (Lipinski definition) is 3. The molecule has 0 aliphatic heterocycles. The molecule has 0 aromatic heterocycles. The Morgan fingerprint density at radius 1 is 0.383 bits per heavy atom. The summed E-state index contributed by atoms with van der Waals surface area (Å²) in [6.07, 6.45) is 0. The van der Waals surface area contributed by atoms with Crippen LogP contribution in [0, 0.1) is 73.3 Å². The molecule has 0 N–H and O–H groups in total. The van der Waals surface area contributed by atoms with E-state index in [9.17, 15) is 5.26 Å². The van der Waals surface area contributed by atoms with Gasteiger partial charge in [0.15, 0.2) is 5.69 Å². The largest absolute Gasteiger partial charge is 0.310 e. The molecule has 4 nitrogen and oxygen atoms in total. The van der Waals surface area contributed by atoms with Crippen molar-refractivity contribution in [3.05, 3.63) is 183 Å². The molecule has 60 heavy (non-hydrogen) atoms. The third-order valence-corrected chi connectivity index (χ3v) is 13.3. The van der Waals surface area contributed by atoms with Gasteiger partial charge in [-0.25, -0.2) is 4.85 Å². The van der Waals surface area contributed by atoms with Crippen molar-refractivity contribution in [2.24, 2.45) is 0 Å². The molecule has 0 amide bonds. The van der Waals surface area contributed by atoms with E-state index in [0.717, 1.165) is 89.4 Å². The van der Waals surface area contributed by atoms with Crippen molar-refractivity contribution in [2.45, 2.75) is 55.4 Å². The average molecular weight is 773 g/mol. The van der Waals surface area contributed by atoms with E-state index in [1.165, 1.54) is 44.5 Å². The highest BCUT2D eigenvalue weighted by Gasteiger charge is 2.35. The lowest BCUT2D eigenvalue weighted by Crippen LogP contribution is -2.11. The fourth-order valence-electron chi connectivity index (χ4n) is 9.35. The van der Waals surface area contributed by atoms with E-state index in [-0.39, 0.29) is 0 Å². The lowest BCUT2D eigenvalue weighted by molar-refractivity contribution is 1.23. The minimum absolute atomic E-state index is 0.625. The molecule has 8 aromatic rings. The van der Waals surface area contributed by atoms with Crippen molar-refractivity contribution >= 4 is 50.6 Å². The van der Waals surface area contributed by atoms with E-state index in [1.807, 2.05) is 0 Å². The molecule has 4 heteroatoms. The molecule has 0 spiro atoms. The quantitative estimate of drug-likeness (QED) is 0.158. The van der Waals surface area contributed by atoms with Gasteiger partial charge >= 0.3 is 0 Å². The molecule has 288 valence electrons. The van der Waals surface area contributed by atoms with E-state index in [1.54, 1.807) is 0 Å². The van der Waals surface area contributed by atoms with E-state index >= 15 is 0 Å². The Morgan fingerprint density at radius 2 is 0.733 bits per heavy atom. The maximum absolute atomic E-state index is 10.9. The van der Waals surface area contributed by atoms with Crippen LogP contribution in [-0.4, -0.2) is 0 Å². The Labute approximate surface area is 353 Å². The molecular weight excluding hydrogens is 729 g/mol. The number of benzene rings is 8. The summed E-state index contributed by atoms with van der Waals surface area (Å²) in [5.74, 6) is 0. The second-order valence-electron chi connectivity index (χ2n) is 16.8. The van der Waals surface area contributed by atoms with E-state index in [4.69, 9.17) is 6.57 Å². The summed E-state index contributed by atoms with van der Waals surface area (Å²) in [6, 6.07) is 46.6. The topological polar surface area (TPSA) is 34.6 Å². The SMILES string of the molecule is [C-]#[N+]c1cc2c3c(c(C#N)cc4c3c1-c1ccc(N(c3ccc(C)c(C)c3)c3ccc(C)c(C)c3)cc1-4)-c1ccc(N(c3ccc(C)c(C)c3)c3ccc(C)c(C)c3)cc1-2. The first-order valence-electron chi connectivity index (χ1n) is 20.6. The van der Waals surface area contributed by atoms with Gasteiger partial charge < -0.3 is 9.80 Å². The highest BCUT2D eigenvalue weighted by Crippen LogP contribution is 2.61. The van der Waals surface area contributed by atoms with Crippen LogP contribution in [0.25, 0.3) is 60.1 Å². The van der Waals surface area contributed by atoms with Gasteiger partial charge in [-0.3, -0.25) is 0 Å². The zero-order valence-electron chi connectivity index (χ0n) is 35.3. The molecular formula is C56H44N4. The molecule has 2 aliphatic rings. The summed E-state index contributed by atoms with van der Waals surface area (Å²) in [7, 11) is 0. The molecule has 0 heterocycles. The number of hydrogen-bond donors (Lipinski definition) is 0. The van der Waals surface area contributed by atoms with Crippen LogP contribution < -0.4 is 9.80 Å². The van der Waals surface area contributed by atoms with Crippen molar-refractivity contribution in [2.75, 3.05) is 9.80 Å². The van der Waals surface area contributed by atoms with Crippen LogP contribution in [0.3, 0.4) is 0 Å². The summed E-state index contributed by atoms with van der Waals surface area (Å²) in [4.78, 5) is 8.86. The van der Waals surface area contributed by atoms with Crippen LogP contribution in [0.4, 0.5) is 39.8 Å². The van der Waals surface area contributed by atoms with Crippen LogP contribution in [0.2, 0.25) is 0 Å². The lowest BCUT2D eigenvalue weighted by atomic mass is 9.93. The van der Waals surface area contributed by atoms with Gasteiger partial charge in [-0.2, -0.15) is 5.26 Å². The van der Waals surface area contributed by atoms with Crippen molar-refractivity contribution in [3.63, 3.8) is 0 Å². The van der Waals surface area contributed by atoms with Gasteiger partial charge in [0.1, 0.15) is 0 Å². The third kappa shape index (κ3) is 5.49. The Hall–Kier alpha value is -7.40. The highest BCUT2D eigenvalue weighted by molar-refractivity contribution is 6.30. The van der Waals surface area contributed by atoms with E-state index in [2.05, 4.69) is 197 Å². The molecule has 0 saturated carbocycles. The van der Waals surface area contributed by atoms with Gasteiger partial charge in [0, 0.05) is 39.7 Å². The standard InChI is InChI=1S/C56H44N4/c1-31-10-14-40(22-35(31)5)59(41-15-11-32(2)36(6)23-41)44-18-20-46-48(27-44)51-29-52(58-9)54-47-21-19-45(28-49(47)50-26-39(30-57)53(46)55(51)56(50)54)60(42-16-12-33(3)37(7)24-42)43-17-13-34(4)38(8)25-43/h10-29H,1-8H3. The molecule has 0 saturated heterocycles. The first kappa shape index (κ1) is 36.9. The second kappa shape index (κ2) is 13.6. The van der Waals surface area contributed by atoms with E-state index < -0.39 is 0 Å². The number of anilines is 6. The fourth-order valence-corrected chi connectivity index (χ4v) is 9.35. The molecule has 10 rings (SSSR count). The predicted molar refractivity (Wildman–Crippen MR) is 251 cm³/mol. The summed E-state index contributed by atoms with van der Waals surface area (Å²) >= 11 is 0. The average Bonchev–Trinajstić information content (AvgIpc) is 3.74. The van der Waals surface area contributed by atoms with Crippen molar-refractivity contribution in [1.29, 1.82) is 5.26 Å². The minimum atomic E-state index is 0.625. The normalized spacial score (nSPS) is 11.6. The van der Waals surface area contributed by atoms with Crippen LogP contribution >= 0.6 is 0 Å².